The van der Waals surface area contributed by atoms with E-state index in [2.05, 4.69) is 48.3 Å². The van der Waals surface area contributed by atoms with E-state index in [1.54, 1.807) is 6.08 Å². The zero-order chi connectivity index (χ0) is 22.8. The van der Waals surface area contributed by atoms with Gasteiger partial charge in [-0.1, -0.05) is 68.4 Å². The summed E-state index contributed by atoms with van der Waals surface area (Å²) in [5, 5.41) is 3.08. The molecule has 0 aliphatic carbocycles. The van der Waals surface area contributed by atoms with Crippen molar-refractivity contribution >= 4 is 17.9 Å². The van der Waals surface area contributed by atoms with Crippen molar-refractivity contribution in [2.24, 2.45) is 5.92 Å². The second kappa shape index (κ2) is 12.2. The lowest BCUT2D eigenvalue weighted by molar-refractivity contribution is -0.132. The third-order valence-electron chi connectivity index (χ3n) is 6.19. The molecule has 1 fully saturated rings. The van der Waals surface area contributed by atoms with Crippen LogP contribution in [-0.4, -0.2) is 47.8 Å². The Hall–Kier alpha value is -2.92. The molecular weight excluding hydrogens is 398 g/mol. The van der Waals surface area contributed by atoms with Gasteiger partial charge in [0.25, 0.3) is 0 Å². The van der Waals surface area contributed by atoms with Crippen LogP contribution in [0.2, 0.25) is 0 Å². The lowest BCUT2D eigenvalue weighted by Gasteiger charge is -2.30. The summed E-state index contributed by atoms with van der Waals surface area (Å²) in [6.45, 7) is 9.18. The summed E-state index contributed by atoms with van der Waals surface area (Å²) in [6, 6.07) is 18.3. The molecule has 0 saturated carbocycles. The van der Waals surface area contributed by atoms with Gasteiger partial charge in [-0.15, -0.1) is 0 Å². The molecule has 0 unspecified atom stereocenters. The first-order valence-corrected chi connectivity index (χ1v) is 11.7. The number of hydrogen-bond acceptors (Lipinski definition) is 3. The normalized spacial score (nSPS) is 14.8. The average molecular weight is 434 g/mol. The van der Waals surface area contributed by atoms with Crippen molar-refractivity contribution in [1.82, 2.24) is 15.1 Å². The molecule has 0 radical (unpaired) electrons. The summed E-state index contributed by atoms with van der Waals surface area (Å²) in [6.07, 6.45) is 4.88. The van der Waals surface area contributed by atoms with Crippen LogP contribution in [0, 0.1) is 5.92 Å². The molecular formula is C27H35N3O2. The second-order valence-corrected chi connectivity index (χ2v) is 8.34. The number of carbonyl (C=O) groups excluding carboxylic acids is 2. The fourth-order valence-electron chi connectivity index (χ4n) is 4.00. The maximum absolute atomic E-state index is 12.6. The van der Waals surface area contributed by atoms with Gasteiger partial charge in [-0.05, 0) is 48.7 Å². The highest BCUT2D eigenvalue weighted by atomic mass is 16.2. The van der Waals surface area contributed by atoms with E-state index in [1.165, 1.54) is 5.56 Å². The highest BCUT2D eigenvalue weighted by molar-refractivity contribution is 5.92. The van der Waals surface area contributed by atoms with E-state index in [-0.39, 0.29) is 17.7 Å². The number of likely N-dealkylation sites (tertiary alicyclic amines) is 1. The molecule has 5 heteroatoms. The van der Waals surface area contributed by atoms with Gasteiger partial charge in [-0.25, -0.2) is 0 Å². The maximum atomic E-state index is 12.6. The van der Waals surface area contributed by atoms with E-state index in [0.29, 0.717) is 32.5 Å². The Bertz CT molecular complexity index is 881. The topological polar surface area (TPSA) is 52.7 Å². The summed E-state index contributed by atoms with van der Waals surface area (Å²) in [7, 11) is 0. The molecule has 5 nitrogen and oxygen atoms in total. The van der Waals surface area contributed by atoms with Crippen LogP contribution < -0.4 is 5.32 Å². The molecule has 170 valence electrons. The summed E-state index contributed by atoms with van der Waals surface area (Å²) in [5.74, 6) is 0.0701. The second-order valence-electron chi connectivity index (χ2n) is 8.34. The molecule has 2 amide bonds. The summed E-state index contributed by atoms with van der Waals surface area (Å²) in [5.41, 5.74) is 3.42. The Labute approximate surface area is 192 Å². The van der Waals surface area contributed by atoms with Crippen LogP contribution in [0.1, 0.15) is 43.4 Å². The minimum Gasteiger partial charge on any atom is -0.352 e. The minimum absolute atomic E-state index is 0.0116. The van der Waals surface area contributed by atoms with Crippen LogP contribution in [0.5, 0.6) is 0 Å². The van der Waals surface area contributed by atoms with E-state index in [9.17, 15) is 9.59 Å². The third kappa shape index (κ3) is 7.06. The first-order chi connectivity index (χ1) is 15.6. The van der Waals surface area contributed by atoms with Crippen molar-refractivity contribution in [2.45, 2.75) is 39.8 Å². The number of nitrogens with one attached hydrogen (secondary N) is 1. The predicted octanol–water partition coefficient (Wildman–Crippen LogP) is 4.10. The Kier molecular flexibility index (Phi) is 9.05. The summed E-state index contributed by atoms with van der Waals surface area (Å²) >= 11 is 0. The molecule has 2 aromatic carbocycles. The van der Waals surface area contributed by atoms with Gasteiger partial charge < -0.3 is 10.2 Å². The van der Waals surface area contributed by atoms with Gasteiger partial charge in [0.1, 0.15) is 0 Å². The molecule has 3 rings (SSSR count). The van der Waals surface area contributed by atoms with Gasteiger partial charge in [0, 0.05) is 38.2 Å². The SMILES string of the molecule is CCN(CC)Cc1ccc(CNC(=O)C2CCN(C(=O)/C=C/c3ccccc3)CC2)cc1. The molecule has 1 heterocycles. The molecule has 1 aliphatic rings. The van der Waals surface area contributed by atoms with E-state index in [1.807, 2.05) is 41.3 Å². The Morgan fingerprint density at radius 3 is 2.22 bits per heavy atom. The number of benzene rings is 2. The fourth-order valence-corrected chi connectivity index (χ4v) is 4.00. The zero-order valence-electron chi connectivity index (χ0n) is 19.3. The first-order valence-electron chi connectivity index (χ1n) is 11.7. The van der Waals surface area contributed by atoms with Crippen LogP contribution in [0.15, 0.2) is 60.7 Å². The van der Waals surface area contributed by atoms with E-state index >= 15 is 0 Å². The van der Waals surface area contributed by atoms with Crippen LogP contribution in [-0.2, 0) is 22.7 Å². The van der Waals surface area contributed by atoms with E-state index in [4.69, 9.17) is 0 Å². The summed E-state index contributed by atoms with van der Waals surface area (Å²) < 4.78 is 0. The van der Waals surface area contributed by atoms with Gasteiger partial charge in [0.15, 0.2) is 0 Å². The molecule has 32 heavy (non-hydrogen) atoms. The number of hydrogen-bond donors (Lipinski definition) is 1. The van der Waals surface area contributed by atoms with Gasteiger partial charge in [0.05, 0.1) is 0 Å². The largest absolute Gasteiger partial charge is 0.352 e. The standard InChI is InChI=1S/C27H35N3O2/c1-3-29(4-2)21-24-12-10-23(11-13-24)20-28-27(32)25-16-18-30(19-17-25)26(31)15-14-22-8-6-5-7-9-22/h5-15,25H,3-4,16-21H2,1-2H3,(H,28,32)/b15-14+. The van der Waals surface area contributed by atoms with Crippen molar-refractivity contribution in [3.63, 3.8) is 0 Å². The number of carbonyl (C=O) groups is 2. The number of amides is 2. The van der Waals surface area contributed by atoms with Crippen molar-refractivity contribution in [3.8, 4) is 0 Å². The predicted molar refractivity (Wildman–Crippen MR) is 130 cm³/mol. The molecule has 1 saturated heterocycles. The van der Waals surface area contributed by atoms with Gasteiger partial charge in [0.2, 0.25) is 11.8 Å². The smallest absolute Gasteiger partial charge is 0.246 e. The minimum atomic E-state index is -0.0286. The van der Waals surface area contributed by atoms with Crippen LogP contribution in [0.25, 0.3) is 6.08 Å². The van der Waals surface area contributed by atoms with Crippen molar-refractivity contribution < 1.29 is 9.59 Å². The quantitative estimate of drug-likeness (QED) is 0.606. The van der Waals surface area contributed by atoms with E-state index < -0.39 is 0 Å². The number of rotatable bonds is 9. The zero-order valence-corrected chi connectivity index (χ0v) is 19.3. The first kappa shape index (κ1) is 23.7. The van der Waals surface area contributed by atoms with Crippen LogP contribution >= 0.6 is 0 Å². The van der Waals surface area contributed by atoms with Crippen molar-refractivity contribution in [3.05, 3.63) is 77.4 Å². The maximum Gasteiger partial charge on any atom is 0.246 e. The molecule has 1 aliphatic heterocycles. The number of nitrogens with zero attached hydrogens (tertiary/aromatic N) is 2. The van der Waals surface area contributed by atoms with Crippen molar-refractivity contribution in [2.75, 3.05) is 26.2 Å². The fraction of sp³-hybridized carbons (Fsp3) is 0.407. The molecule has 0 atom stereocenters. The Morgan fingerprint density at radius 2 is 1.59 bits per heavy atom. The third-order valence-corrected chi connectivity index (χ3v) is 6.19. The van der Waals surface area contributed by atoms with Crippen LogP contribution in [0.3, 0.4) is 0 Å². The lowest BCUT2D eigenvalue weighted by Crippen LogP contribution is -2.42. The highest BCUT2D eigenvalue weighted by Crippen LogP contribution is 2.18. The monoisotopic (exact) mass is 433 g/mol. The molecule has 1 N–H and O–H groups in total. The molecule has 0 spiro atoms. The number of piperidine rings is 1. The van der Waals surface area contributed by atoms with Gasteiger partial charge in [-0.3, -0.25) is 14.5 Å². The Balaban J connectivity index is 1.40. The lowest BCUT2D eigenvalue weighted by atomic mass is 9.95. The highest BCUT2D eigenvalue weighted by Gasteiger charge is 2.26. The van der Waals surface area contributed by atoms with E-state index in [0.717, 1.165) is 30.8 Å². The molecule has 0 aromatic heterocycles. The average Bonchev–Trinajstić information content (AvgIpc) is 2.85. The van der Waals surface area contributed by atoms with Gasteiger partial charge >= 0.3 is 0 Å². The summed E-state index contributed by atoms with van der Waals surface area (Å²) in [4.78, 5) is 29.3. The van der Waals surface area contributed by atoms with Crippen LogP contribution in [0.4, 0.5) is 0 Å². The van der Waals surface area contributed by atoms with Gasteiger partial charge in [-0.2, -0.15) is 0 Å². The molecule has 0 bridgehead atoms. The molecule has 2 aromatic rings. The van der Waals surface area contributed by atoms with Crippen molar-refractivity contribution in [1.29, 1.82) is 0 Å². The Morgan fingerprint density at radius 1 is 0.969 bits per heavy atom.